The van der Waals surface area contributed by atoms with Gasteiger partial charge in [0.05, 0.1) is 5.25 Å². The quantitative estimate of drug-likeness (QED) is 0.483. The lowest BCUT2D eigenvalue weighted by molar-refractivity contribution is -0.125. The highest BCUT2D eigenvalue weighted by molar-refractivity contribution is 7.99. The summed E-state index contributed by atoms with van der Waals surface area (Å²) in [6.45, 7) is 0. The molecule has 0 N–H and O–H groups in total. The molecule has 0 aliphatic heterocycles. The first-order valence-corrected chi connectivity index (χ1v) is 4.92. The second-order valence-electron chi connectivity index (χ2n) is 2.08. The molecule has 0 radical (unpaired) electrons. The van der Waals surface area contributed by atoms with Crippen LogP contribution in [-0.2, 0) is 9.59 Å². The van der Waals surface area contributed by atoms with Gasteiger partial charge in [0.25, 0.3) is 0 Å². The number of hydrogen-bond acceptors (Lipinski definition) is 3. The smallest absolute Gasteiger partial charge is 0.238 e. The Kier molecular flexibility index (Phi) is 5.51. The molecule has 0 bridgehead atoms. The minimum Gasteiger partial charge on any atom is -0.329 e. The molecule has 0 aromatic rings. The molecule has 3 nitrogen and oxygen atoms in total. The van der Waals surface area contributed by atoms with Crippen LogP contribution in [0.1, 0.15) is 6.42 Å². The fraction of sp³-hybridized carbons (Fsp3) is 0.667. The molecule has 2 unspecified atom stereocenters. The lowest BCUT2D eigenvalue weighted by atomic mass is 10.3. The lowest BCUT2D eigenvalue weighted by Crippen LogP contribution is -2.27. The van der Waals surface area contributed by atoms with Gasteiger partial charge < -0.3 is 9.46 Å². The van der Waals surface area contributed by atoms with E-state index in [-0.39, 0.29) is 11.2 Å². The van der Waals surface area contributed by atoms with Crippen molar-refractivity contribution in [3.05, 3.63) is 0 Å². The molecule has 0 fully saturated rings. The minimum absolute atomic E-state index is 0.0328. The van der Waals surface area contributed by atoms with Gasteiger partial charge in [-0.2, -0.15) is 11.8 Å². The van der Waals surface area contributed by atoms with Gasteiger partial charge in [0.15, 0.2) is 0 Å². The van der Waals surface area contributed by atoms with Crippen molar-refractivity contribution in [1.29, 1.82) is 0 Å². The summed E-state index contributed by atoms with van der Waals surface area (Å²) in [5.41, 5.74) is 0. The first-order chi connectivity index (χ1) is 5.13. The van der Waals surface area contributed by atoms with Gasteiger partial charge in [0.1, 0.15) is 6.29 Å². The maximum Gasteiger partial charge on any atom is 0.238 e. The van der Waals surface area contributed by atoms with Crippen LogP contribution in [-0.4, -0.2) is 35.4 Å². The van der Waals surface area contributed by atoms with E-state index >= 15 is 0 Å². The summed E-state index contributed by atoms with van der Waals surface area (Å²) in [6.07, 6.45) is 2.88. The third kappa shape index (κ3) is 3.73. The Balaban J connectivity index is 4.02. The van der Waals surface area contributed by atoms with Crippen molar-refractivity contribution in [1.82, 2.24) is 4.67 Å². The van der Waals surface area contributed by atoms with Gasteiger partial charge in [0, 0.05) is 13.5 Å². The molecular formula is C6H12NO2PS. The molecule has 0 heterocycles. The van der Waals surface area contributed by atoms with Crippen molar-refractivity contribution in [2.75, 3.05) is 13.3 Å². The predicted molar refractivity (Wildman–Crippen MR) is 50.5 cm³/mol. The highest BCUT2D eigenvalue weighted by Crippen LogP contribution is 2.13. The number of amides is 1. The molecule has 0 spiro atoms. The molecule has 0 aromatic carbocycles. The topological polar surface area (TPSA) is 37.4 Å². The molecule has 11 heavy (non-hydrogen) atoms. The van der Waals surface area contributed by atoms with E-state index in [9.17, 15) is 9.59 Å². The molecule has 5 heteroatoms. The largest absolute Gasteiger partial charge is 0.329 e. The second-order valence-corrected chi connectivity index (χ2v) is 3.89. The average Bonchev–Trinajstić information content (AvgIpc) is 1.98. The van der Waals surface area contributed by atoms with E-state index in [2.05, 4.69) is 9.39 Å². The molecular weight excluding hydrogens is 181 g/mol. The molecule has 0 aliphatic carbocycles. The summed E-state index contributed by atoms with van der Waals surface area (Å²) in [5, 5.41) is -0.227. The van der Waals surface area contributed by atoms with Gasteiger partial charge in [-0.05, 0) is 15.6 Å². The first-order valence-electron chi connectivity index (χ1n) is 3.12. The molecule has 0 saturated heterocycles. The molecule has 0 rings (SSSR count). The van der Waals surface area contributed by atoms with Crippen LogP contribution in [0.4, 0.5) is 0 Å². The van der Waals surface area contributed by atoms with E-state index in [4.69, 9.17) is 0 Å². The minimum atomic E-state index is -0.227. The van der Waals surface area contributed by atoms with E-state index < -0.39 is 0 Å². The van der Waals surface area contributed by atoms with Gasteiger partial charge in [0.2, 0.25) is 5.91 Å². The first kappa shape index (κ1) is 10.9. The zero-order valence-corrected chi connectivity index (χ0v) is 8.58. The van der Waals surface area contributed by atoms with Crippen molar-refractivity contribution in [3.8, 4) is 0 Å². The monoisotopic (exact) mass is 193 g/mol. The molecule has 1 amide bonds. The number of carbonyl (C=O) groups is 2. The predicted octanol–water partition coefficient (Wildman–Crippen LogP) is 0.555. The van der Waals surface area contributed by atoms with Gasteiger partial charge in [-0.25, -0.2) is 0 Å². The average molecular weight is 193 g/mol. The van der Waals surface area contributed by atoms with Crippen LogP contribution < -0.4 is 0 Å². The summed E-state index contributed by atoms with van der Waals surface area (Å²) in [7, 11) is 3.93. The van der Waals surface area contributed by atoms with Gasteiger partial charge in [-0.3, -0.25) is 4.79 Å². The molecule has 0 aliphatic rings. The summed E-state index contributed by atoms with van der Waals surface area (Å²) >= 11 is 1.40. The Labute approximate surface area is 73.2 Å². The van der Waals surface area contributed by atoms with E-state index in [1.807, 2.05) is 6.26 Å². The van der Waals surface area contributed by atoms with Crippen LogP contribution in [0, 0.1) is 0 Å². The maximum atomic E-state index is 11.2. The maximum absolute atomic E-state index is 11.2. The van der Waals surface area contributed by atoms with Crippen LogP contribution in [0.2, 0.25) is 0 Å². The van der Waals surface area contributed by atoms with Crippen LogP contribution in [0.25, 0.3) is 0 Å². The van der Waals surface area contributed by atoms with Crippen LogP contribution in [0.5, 0.6) is 0 Å². The Morgan fingerprint density at radius 2 is 2.36 bits per heavy atom. The number of carbonyl (C=O) groups excluding carboxylic acids is 2. The highest BCUT2D eigenvalue weighted by atomic mass is 32.2. The fourth-order valence-electron chi connectivity index (χ4n) is 0.612. The van der Waals surface area contributed by atoms with E-state index in [1.54, 1.807) is 7.05 Å². The van der Waals surface area contributed by atoms with Crippen LogP contribution >= 0.6 is 21.2 Å². The zero-order chi connectivity index (χ0) is 8.85. The molecule has 0 saturated carbocycles. The summed E-state index contributed by atoms with van der Waals surface area (Å²) in [6, 6.07) is 0. The number of rotatable bonds is 4. The highest BCUT2D eigenvalue weighted by Gasteiger charge is 2.17. The Morgan fingerprint density at radius 3 is 2.64 bits per heavy atom. The van der Waals surface area contributed by atoms with E-state index in [1.165, 1.54) is 16.4 Å². The van der Waals surface area contributed by atoms with Gasteiger partial charge in [-0.1, -0.05) is 0 Å². The van der Waals surface area contributed by atoms with Crippen LogP contribution in [0.3, 0.4) is 0 Å². The SMILES string of the molecule is CSC(CC=O)C(=O)N(C)P. The third-order valence-corrected chi connectivity index (χ3v) is 2.44. The Morgan fingerprint density at radius 1 is 1.82 bits per heavy atom. The Bertz CT molecular complexity index is 152. The molecule has 0 aromatic heterocycles. The lowest BCUT2D eigenvalue weighted by Gasteiger charge is -2.15. The van der Waals surface area contributed by atoms with Gasteiger partial charge in [-0.15, -0.1) is 0 Å². The van der Waals surface area contributed by atoms with E-state index in [0.29, 0.717) is 6.42 Å². The number of hydrogen-bond donors (Lipinski definition) is 0. The summed E-state index contributed by atoms with van der Waals surface area (Å²) < 4.78 is 1.42. The standard InChI is InChI=1S/C6H12NO2PS/c1-7(10)6(9)5(11-2)3-4-8/h4-5H,3,10H2,1-2H3. The van der Waals surface area contributed by atoms with Crippen molar-refractivity contribution >= 4 is 33.3 Å². The zero-order valence-electron chi connectivity index (χ0n) is 6.61. The number of thioether (sulfide) groups is 1. The second kappa shape index (κ2) is 5.56. The molecule has 2 atom stereocenters. The Hall–Kier alpha value is -0.0800. The fourth-order valence-corrected chi connectivity index (χ4v) is 1.54. The van der Waals surface area contributed by atoms with Crippen molar-refractivity contribution in [2.45, 2.75) is 11.7 Å². The molecule has 64 valence electrons. The van der Waals surface area contributed by atoms with Crippen molar-refractivity contribution < 1.29 is 9.59 Å². The van der Waals surface area contributed by atoms with Crippen LogP contribution in [0.15, 0.2) is 0 Å². The van der Waals surface area contributed by atoms with Crippen molar-refractivity contribution in [2.24, 2.45) is 0 Å². The van der Waals surface area contributed by atoms with E-state index in [0.717, 1.165) is 6.29 Å². The normalized spacial score (nSPS) is 12.3. The summed E-state index contributed by atoms with van der Waals surface area (Å²) in [5.74, 6) is -0.0328. The van der Waals surface area contributed by atoms with Crippen molar-refractivity contribution in [3.63, 3.8) is 0 Å². The number of nitrogens with zero attached hydrogens (tertiary/aromatic N) is 1. The van der Waals surface area contributed by atoms with Gasteiger partial charge >= 0.3 is 0 Å². The summed E-state index contributed by atoms with van der Waals surface area (Å²) in [4.78, 5) is 21.3. The third-order valence-electron chi connectivity index (χ3n) is 1.22. The number of aldehydes is 1.